The molecule has 0 atom stereocenters. The van der Waals surface area contributed by atoms with E-state index in [9.17, 15) is 14.4 Å². The number of carbonyl (C=O) groups excluding carboxylic acids is 3. The van der Waals surface area contributed by atoms with E-state index in [2.05, 4.69) is 26.3 Å². The molecule has 0 radical (unpaired) electrons. The Morgan fingerprint density at radius 1 is 0.943 bits per heavy atom. The van der Waals surface area contributed by atoms with Gasteiger partial charge in [-0.1, -0.05) is 46.2 Å². The maximum absolute atomic E-state index is 12.4. The van der Waals surface area contributed by atoms with Gasteiger partial charge in [-0.25, -0.2) is 4.98 Å². The minimum Gasteiger partial charge on any atom is -0.347 e. The number of amides is 3. The molecule has 2 aromatic rings. The maximum Gasteiger partial charge on any atom is 0.243 e. The first kappa shape index (κ1) is 28.0. The Kier molecular flexibility index (Phi) is 11.4. The molecule has 0 bridgehead atoms. The van der Waals surface area contributed by atoms with Crippen LogP contribution < -0.4 is 21.3 Å². The Morgan fingerprint density at radius 3 is 2.23 bits per heavy atom. The van der Waals surface area contributed by atoms with Crippen LogP contribution in [0.15, 0.2) is 42.6 Å². The summed E-state index contributed by atoms with van der Waals surface area (Å²) in [5.41, 5.74) is 1.88. The average Bonchev–Trinajstić information content (AvgIpc) is 2.84. The number of anilines is 2. The summed E-state index contributed by atoms with van der Waals surface area (Å²) in [5.74, 6) is -0.203. The lowest BCUT2D eigenvalue weighted by atomic mass is 9.96. The number of nitrogens with zero attached hydrogens (tertiary/aromatic N) is 1. The molecule has 1 fully saturated rings. The number of carbonyl (C=O) groups is 3. The van der Waals surface area contributed by atoms with Crippen molar-refractivity contribution < 1.29 is 14.4 Å². The summed E-state index contributed by atoms with van der Waals surface area (Å²) in [6.45, 7) is 9.75. The smallest absolute Gasteiger partial charge is 0.243 e. The number of hydrogen-bond donors (Lipinski definition) is 4. The van der Waals surface area contributed by atoms with Gasteiger partial charge in [0.2, 0.25) is 17.7 Å². The number of piperidine rings is 1. The Hall–Kier alpha value is -3.26. The van der Waals surface area contributed by atoms with Gasteiger partial charge >= 0.3 is 0 Å². The van der Waals surface area contributed by atoms with Gasteiger partial charge in [0.05, 0.1) is 13.0 Å². The Balaban J connectivity index is 0.000000625. The quantitative estimate of drug-likeness (QED) is 0.482. The molecule has 0 aliphatic carbocycles. The lowest BCUT2D eigenvalue weighted by Gasteiger charge is -2.17. The molecular weight excluding hydrogens is 442 g/mol. The number of aromatic nitrogens is 1. The van der Waals surface area contributed by atoms with Gasteiger partial charge in [-0.05, 0) is 67.7 Å². The van der Waals surface area contributed by atoms with Crippen molar-refractivity contribution in [1.82, 2.24) is 15.6 Å². The van der Waals surface area contributed by atoms with Crippen molar-refractivity contribution >= 4 is 29.2 Å². The number of hydrogen-bond acceptors (Lipinski definition) is 5. The van der Waals surface area contributed by atoms with Gasteiger partial charge in [0.15, 0.2) is 0 Å². The number of pyridine rings is 1. The minimum absolute atomic E-state index is 0.110. The average molecular weight is 482 g/mol. The second-order valence-corrected chi connectivity index (χ2v) is 9.57. The van der Waals surface area contributed by atoms with E-state index in [4.69, 9.17) is 0 Å². The molecule has 0 saturated carbocycles. The summed E-state index contributed by atoms with van der Waals surface area (Å²) in [7, 11) is 0. The zero-order valence-corrected chi connectivity index (χ0v) is 21.4. The molecule has 0 unspecified atom stereocenters. The molecule has 1 saturated heterocycles. The van der Waals surface area contributed by atoms with Crippen molar-refractivity contribution in [3.8, 4) is 0 Å². The number of benzene rings is 1. The normalized spacial score (nSPS) is 13.1. The van der Waals surface area contributed by atoms with Crippen LogP contribution in [-0.2, 0) is 27.2 Å². The van der Waals surface area contributed by atoms with E-state index in [1.54, 1.807) is 57.3 Å². The molecular formula is C27H39N5O3. The topological polar surface area (TPSA) is 112 Å². The fourth-order valence-electron chi connectivity index (χ4n) is 3.44. The van der Waals surface area contributed by atoms with Crippen LogP contribution in [0.2, 0.25) is 0 Å². The monoisotopic (exact) mass is 481 g/mol. The van der Waals surface area contributed by atoms with E-state index in [-0.39, 0.29) is 30.7 Å². The van der Waals surface area contributed by atoms with Crippen molar-refractivity contribution in [1.29, 1.82) is 0 Å². The molecule has 190 valence electrons. The highest BCUT2D eigenvalue weighted by molar-refractivity contribution is 5.96. The Bertz CT molecular complexity index is 955. The lowest BCUT2D eigenvalue weighted by Crippen LogP contribution is -2.39. The molecule has 2 heterocycles. The highest BCUT2D eigenvalue weighted by atomic mass is 16.2. The van der Waals surface area contributed by atoms with Crippen LogP contribution in [0.4, 0.5) is 11.5 Å². The third-order valence-corrected chi connectivity index (χ3v) is 5.45. The Morgan fingerprint density at radius 2 is 1.69 bits per heavy atom. The fraction of sp³-hybridized carbons (Fsp3) is 0.481. The summed E-state index contributed by atoms with van der Waals surface area (Å²) in [5, 5.41) is 11.4. The molecule has 3 amide bonds. The zero-order valence-electron chi connectivity index (χ0n) is 21.4. The third kappa shape index (κ3) is 10.7. The largest absolute Gasteiger partial charge is 0.347 e. The van der Waals surface area contributed by atoms with E-state index >= 15 is 0 Å². The van der Waals surface area contributed by atoms with Gasteiger partial charge < -0.3 is 21.3 Å². The van der Waals surface area contributed by atoms with Crippen molar-refractivity contribution in [2.45, 2.75) is 59.8 Å². The van der Waals surface area contributed by atoms with Crippen molar-refractivity contribution in [2.24, 2.45) is 5.41 Å². The molecule has 1 aromatic carbocycles. The SMILES string of the molecule is C1CCNCC1.CCc1ccc(NC(=O)CNC(=O)C(C)(C)C)cc1CC(=O)Nc1ccccn1. The van der Waals surface area contributed by atoms with Gasteiger partial charge in [0, 0.05) is 17.3 Å². The highest BCUT2D eigenvalue weighted by Crippen LogP contribution is 2.18. The summed E-state index contributed by atoms with van der Waals surface area (Å²) < 4.78 is 0. The van der Waals surface area contributed by atoms with Crippen molar-refractivity contribution in [3.05, 3.63) is 53.7 Å². The highest BCUT2D eigenvalue weighted by Gasteiger charge is 2.21. The molecule has 8 heteroatoms. The third-order valence-electron chi connectivity index (χ3n) is 5.45. The van der Waals surface area contributed by atoms with E-state index in [1.165, 1.54) is 32.4 Å². The van der Waals surface area contributed by atoms with Gasteiger partial charge in [0.1, 0.15) is 5.82 Å². The van der Waals surface area contributed by atoms with Crippen LogP contribution in [0.5, 0.6) is 0 Å². The number of rotatable bonds is 7. The fourth-order valence-corrected chi connectivity index (χ4v) is 3.44. The predicted molar refractivity (Wildman–Crippen MR) is 140 cm³/mol. The molecule has 4 N–H and O–H groups in total. The molecule has 0 spiro atoms. The van der Waals surface area contributed by atoms with Crippen LogP contribution >= 0.6 is 0 Å². The van der Waals surface area contributed by atoms with E-state index in [0.29, 0.717) is 11.5 Å². The summed E-state index contributed by atoms with van der Waals surface area (Å²) >= 11 is 0. The molecule has 1 aliphatic rings. The summed E-state index contributed by atoms with van der Waals surface area (Å²) in [6, 6.07) is 10.8. The zero-order chi connectivity index (χ0) is 25.7. The van der Waals surface area contributed by atoms with Gasteiger partial charge in [0.25, 0.3) is 0 Å². The first-order valence-electron chi connectivity index (χ1n) is 12.3. The van der Waals surface area contributed by atoms with Crippen LogP contribution in [0.25, 0.3) is 0 Å². The summed E-state index contributed by atoms with van der Waals surface area (Å²) in [6.07, 6.45) is 6.76. The molecule has 1 aliphatic heterocycles. The second kappa shape index (κ2) is 14.2. The molecule has 35 heavy (non-hydrogen) atoms. The maximum atomic E-state index is 12.4. The van der Waals surface area contributed by atoms with Crippen LogP contribution in [-0.4, -0.2) is 42.3 Å². The second-order valence-electron chi connectivity index (χ2n) is 9.57. The first-order valence-corrected chi connectivity index (χ1v) is 12.3. The van der Waals surface area contributed by atoms with E-state index in [0.717, 1.165) is 17.5 Å². The minimum atomic E-state index is -0.558. The van der Waals surface area contributed by atoms with Gasteiger partial charge in [-0.15, -0.1) is 0 Å². The van der Waals surface area contributed by atoms with Gasteiger partial charge in [-0.2, -0.15) is 0 Å². The molecule has 3 rings (SSSR count). The van der Waals surface area contributed by atoms with Crippen molar-refractivity contribution in [3.63, 3.8) is 0 Å². The van der Waals surface area contributed by atoms with Crippen LogP contribution in [0.1, 0.15) is 58.1 Å². The lowest BCUT2D eigenvalue weighted by molar-refractivity contribution is -0.130. The standard InChI is InChI=1S/C22H28N4O3.C5H11N/c1-5-15-9-10-17(25-20(28)14-24-21(29)22(2,3)4)12-16(15)13-19(27)26-18-8-6-7-11-23-18;1-2-4-6-5-3-1/h6-12H,5,13-14H2,1-4H3,(H,24,29)(H,25,28)(H,23,26,27);6H,1-5H2. The molecule has 1 aromatic heterocycles. The van der Waals surface area contributed by atoms with Crippen LogP contribution in [0.3, 0.4) is 0 Å². The Labute approximate surface area is 208 Å². The molecule has 8 nitrogen and oxygen atoms in total. The van der Waals surface area contributed by atoms with E-state index in [1.807, 2.05) is 13.0 Å². The first-order chi connectivity index (χ1) is 16.7. The van der Waals surface area contributed by atoms with Gasteiger partial charge in [-0.3, -0.25) is 14.4 Å². The number of nitrogens with one attached hydrogen (secondary N) is 4. The predicted octanol–water partition coefficient (Wildman–Crippen LogP) is 3.69. The van der Waals surface area contributed by atoms with Crippen LogP contribution in [0, 0.1) is 5.41 Å². The van der Waals surface area contributed by atoms with E-state index < -0.39 is 5.41 Å². The number of aryl methyl sites for hydroxylation is 1. The van der Waals surface area contributed by atoms with Crippen molar-refractivity contribution in [2.75, 3.05) is 30.3 Å². The summed E-state index contributed by atoms with van der Waals surface area (Å²) in [4.78, 5) is 40.5.